The second kappa shape index (κ2) is 3.85. The lowest BCUT2D eigenvalue weighted by molar-refractivity contribution is -0.0431. The summed E-state index contributed by atoms with van der Waals surface area (Å²) < 4.78 is 12.4. The Morgan fingerprint density at radius 1 is 2.00 bits per heavy atom. The summed E-state index contributed by atoms with van der Waals surface area (Å²) in [5, 5.41) is 17.9. The highest BCUT2D eigenvalue weighted by atomic mass is 16.5. The van der Waals surface area contributed by atoms with Crippen LogP contribution in [0.4, 0.5) is 0 Å². The second-order valence-corrected chi connectivity index (χ2v) is 2.66. The normalized spacial score (nSPS) is 35.9. The number of hydrogen-bond donors (Lipinski definition) is 2. The van der Waals surface area contributed by atoms with Gasteiger partial charge in [-0.3, -0.25) is 0 Å². The van der Waals surface area contributed by atoms with Gasteiger partial charge in [0.1, 0.15) is 12.2 Å². The molecule has 2 N–H and O–H groups in total. The molecule has 3 atom stereocenters. The van der Waals surface area contributed by atoms with Gasteiger partial charge in [-0.2, -0.15) is 0 Å². The molecule has 1 heterocycles. The van der Waals surface area contributed by atoms with Crippen LogP contribution in [0.2, 0.25) is 0 Å². The lowest BCUT2D eigenvalue weighted by atomic mass is 10.0. The third-order valence-corrected chi connectivity index (χ3v) is 1.76. The minimum Gasteiger partial charge on any atom is -0.394 e. The van der Waals surface area contributed by atoms with E-state index in [-0.39, 0.29) is 6.61 Å². The molecule has 0 saturated carbocycles. The van der Waals surface area contributed by atoms with Crippen LogP contribution in [0.3, 0.4) is 0 Å². The average Bonchev–Trinajstić information content (AvgIpc) is 2.08. The molecular weight excluding hydrogens is 144 g/mol. The molecule has 0 fully saturated rings. The summed E-state index contributed by atoms with van der Waals surface area (Å²) in [7, 11) is 0. The van der Waals surface area contributed by atoms with Crippen LogP contribution in [0, 0.1) is 0 Å². The topological polar surface area (TPSA) is 49.7 Å². The molecule has 64 valence electrons. The van der Waals surface area contributed by atoms with Crippen LogP contribution in [0.15, 0.2) is 11.6 Å². The molecule has 11 heavy (non-hydrogen) atoms. The molecule has 0 saturated heterocycles. The van der Waals surface area contributed by atoms with Gasteiger partial charge in [-0.15, -0.1) is 0 Å². The van der Waals surface area contributed by atoms with Crippen LogP contribution in [-0.2, 0) is 4.74 Å². The first-order chi connectivity index (χ1) is 5.65. The average molecular weight is 159 g/mol. The molecule has 0 aromatic heterocycles. The summed E-state index contributed by atoms with van der Waals surface area (Å²) in [4.78, 5) is 0. The maximum absolute atomic E-state index is 9.27. The smallest absolute Gasteiger partial charge is 0.107 e. The Labute approximate surface area is 67.7 Å². The highest BCUT2D eigenvalue weighted by molar-refractivity contribution is 5.09. The molecule has 0 spiro atoms. The van der Waals surface area contributed by atoms with Gasteiger partial charge in [-0.25, -0.2) is 0 Å². The monoisotopic (exact) mass is 159 g/mol. The first-order valence-corrected chi connectivity index (χ1v) is 3.68. The Morgan fingerprint density at radius 3 is 3.36 bits per heavy atom. The number of rotatable bonds is 2. The third kappa shape index (κ3) is 2.02. The zero-order valence-corrected chi connectivity index (χ0v) is 6.53. The third-order valence-electron chi connectivity index (χ3n) is 1.76. The maximum Gasteiger partial charge on any atom is 0.107 e. The summed E-state index contributed by atoms with van der Waals surface area (Å²) in [6, 6.07) is 0. The SMILES string of the molecule is [2H][C@H]1CC=C(C)[C@H]([C@H](O)CO)O1. The first kappa shape index (κ1) is 7.28. The molecule has 0 unspecified atom stereocenters. The maximum atomic E-state index is 9.27. The van der Waals surface area contributed by atoms with E-state index in [2.05, 4.69) is 0 Å². The van der Waals surface area contributed by atoms with E-state index >= 15 is 0 Å². The van der Waals surface area contributed by atoms with Crippen molar-refractivity contribution in [3.05, 3.63) is 11.6 Å². The quantitative estimate of drug-likeness (QED) is 0.561. The molecule has 0 bridgehead atoms. The number of hydrogen-bond acceptors (Lipinski definition) is 3. The Kier molecular flexibility index (Phi) is 2.55. The number of aliphatic hydroxyl groups is 2. The Morgan fingerprint density at radius 2 is 2.73 bits per heavy atom. The van der Waals surface area contributed by atoms with Gasteiger partial charge in [-0.1, -0.05) is 6.08 Å². The second-order valence-electron chi connectivity index (χ2n) is 2.66. The molecule has 0 aliphatic carbocycles. The van der Waals surface area contributed by atoms with Crippen molar-refractivity contribution in [2.45, 2.75) is 25.6 Å². The van der Waals surface area contributed by atoms with E-state index in [1.807, 2.05) is 13.0 Å². The van der Waals surface area contributed by atoms with Gasteiger partial charge in [0.05, 0.1) is 14.6 Å². The Balaban J connectivity index is 2.62. The number of aliphatic hydroxyl groups excluding tert-OH is 2. The van der Waals surface area contributed by atoms with Gasteiger partial charge >= 0.3 is 0 Å². The van der Waals surface area contributed by atoms with Gasteiger partial charge in [0.15, 0.2) is 0 Å². The van der Waals surface area contributed by atoms with Crippen molar-refractivity contribution in [3.8, 4) is 0 Å². The lowest BCUT2D eigenvalue weighted by Gasteiger charge is -2.25. The zero-order chi connectivity index (χ0) is 9.14. The van der Waals surface area contributed by atoms with Crippen LogP contribution in [-0.4, -0.2) is 35.6 Å². The molecular formula is C8H14O3. The highest BCUT2D eigenvalue weighted by Gasteiger charge is 2.22. The summed E-state index contributed by atoms with van der Waals surface area (Å²) in [6.07, 6.45) is 1.01. The van der Waals surface area contributed by atoms with E-state index < -0.39 is 18.8 Å². The van der Waals surface area contributed by atoms with Crippen LogP contribution in [0.5, 0.6) is 0 Å². The van der Waals surface area contributed by atoms with Crippen LogP contribution in [0.1, 0.15) is 14.7 Å². The fraction of sp³-hybridized carbons (Fsp3) is 0.750. The summed E-state index contributed by atoms with van der Waals surface area (Å²) in [5.74, 6) is 0. The van der Waals surface area contributed by atoms with Crippen LogP contribution >= 0.6 is 0 Å². The summed E-state index contributed by atoms with van der Waals surface area (Å²) in [5.41, 5.74) is 0.889. The van der Waals surface area contributed by atoms with E-state index in [9.17, 15) is 5.11 Å². The van der Waals surface area contributed by atoms with Crippen molar-refractivity contribution in [2.75, 3.05) is 13.2 Å². The van der Waals surface area contributed by atoms with Gasteiger partial charge in [0.25, 0.3) is 0 Å². The number of ether oxygens (including phenoxy) is 1. The molecule has 0 amide bonds. The van der Waals surface area contributed by atoms with Crippen molar-refractivity contribution in [2.24, 2.45) is 0 Å². The fourth-order valence-corrected chi connectivity index (χ4v) is 1.11. The van der Waals surface area contributed by atoms with Gasteiger partial charge in [0.2, 0.25) is 0 Å². The predicted octanol–water partition coefficient (Wildman–Crippen LogP) is 0.0748. The molecule has 1 aliphatic rings. The summed E-state index contributed by atoms with van der Waals surface area (Å²) >= 11 is 0. The summed E-state index contributed by atoms with van der Waals surface area (Å²) in [6.45, 7) is 0.887. The zero-order valence-electron chi connectivity index (χ0n) is 7.53. The molecule has 0 aromatic rings. The van der Waals surface area contributed by atoms with E-state index in [0.29, 0.717) is 6.42 Å². The van der Waals surface area contributed by atoms with Crippen molar-refractivity contribution in [3.63, 3.8) is 0 Å². The predicted molar refractivity (Wildman–Crippen MR) is 41.2 cm³/mol. The van der Waals surface area contributed by atoms with E-state index in [1.165, 1.54) is 0 Å². The molecule has 3 heteroatoms. The van der Waals surface area contributed by atoms with Crippen LogP contribution < -0.4 is 0 Å². The van der Waals surface area contributed by atoms with Gasteiger partial charge in [0, 0.05) is 0 Å². The minimum absolute atomic E-state index is 0.331. The molecule has 3 nitrogen and oxygen atoms in total. The standard InChI is InChI=1S/C8H14O3/c1-6-3-2-4-11-8(6)7(10)5-9/h3,7-10H,2,4-5H2,1H3/t7-,8-/m1/s1/i4D/t4-,7+,8+/m0. The molecule has 1 rings (SSSR count). The molecule has 0 radical (unpaired) electrons. The largest absolute Gasteiger partial charge is 0.394 e. The van der Waals surface area contributed by atoms with E-state index in [1.54, 1.807) is 0 Å². The van der Waals surface area contributed by atoms with Crippen molar-refractivity contribution < 1.29 is 16.3 Å². The van der Waals surface area contributed by atoms with Gasteiger partial charge in [-0.05, 0) is 18.9 Å². The van der Waals surface area contributed by atoms with E-state index in [0.717, 1.165) is 5.57 Å². The van der Waals surface area contributed by atoms with Crippen molar-refractivity contribution in [1.82, 2.24) is 0 Å². The Hall–Kier alpha value is -0.380. The first-order valence-electron chi connectivity index (χ1n) is 4.26. The lowest BCUT2D eigenvalue weighted by Crippen LogP contribution is -2.35. The van der Waals surface area contributed by atoms with Crippen LogP contribution in [0.25, 0.3) is 0 Å². The minimum atomic E-state index is -0.908. The molecule has 0 aromatic carbocycles. The highest BCUT2D eigenvalue weighted by Crippen LogP contribution is 2.16. The molecule has 1 aliphatic heterocycles. The van der Waals surface area contributed by atoms with Crippen molar-refractivity contribution in [1.29, 1.82) is 0 Å². The van der Waals surface area contributed by atoms with E-state index in [4.69, 9.17) is 11.2 Å². The van der Waals surface area contributed by atoms with Gasteiger partial charge < -0.3 is 14.9 Å². The fourth-order valence-electron chi connectivity index (χ4n) is 1.11. The van der Waals surface area contributed by atoms with Crippen molar-refractivity contribution >= 4 is 0 Å². The Bertz CT molecular complexity index is 181.